The quantitative estimate of drug-likeness (QED) is 0.822. The maximum absolute atomic E-state index is 13.2. The highest BCUT2D eigenvalue weighted by atomic mass is 16.6. The van der Waals surface area contributed by atoms with E-state index in [4.69, 9.17) is 4.63 Å². The van der Waals surface area contributed by atoms with Gasteiger partial charge in [0.1, 0.15) is 5.69 Å². The molecule has 7 nitrogen and oxygen atoms in total. The molecule has 2 aliphatic rings. The van der Waals surface area contributed by atoms with Crippen molar-refractivity contribution < 1.29 is 9.42 Å². The van der Waals surface area contributed by atoms with E-state index in [1.54, 1.807) is 0 Å². The lowest BCUT2D eigenvalue weighted by atomic mass is 9.99. The monoisotopic (exact) mass is 369 g/mol. The molecule has 4 rings (SSSR count). The second kappa shape index (κ2) is 8.08. The Balaban J connectivity index is 1.38. The number of hydrogen-bond acceptors (Lipinski definition) is 6. The number of piperidine rings is 1. The first-order chi connectivity index (χ1) is 13.2. The van der Waals surface area contributed by atoms with E-state index >= 15 is 0 Å². The van der Waals surface area contributed by atoms with Crippen LogP contribution in [0.4, 0.5) is 5.82 Å². The molecule has 1 aromatic carbocycles. The summed E-state index contributed by atoms with van der Waals surface area (Å²) in [5, 5.41) is 7.84. The van der Waals surface area contributed by atoms with E-state index in [2.05, 4.69) is 44.4 Å². The summed E-state index contributed by atoms with van der Waals surface area (Å²) in [7, 11) is 0. The smallest absolute Gasteiger partial charge is 0.240 e. The Morgan fingerprint density at radius 1 is 1.07 bits per heavy atom. The van der Waals surface area contributed by atoms with Crippen molar-refractivity contribution in [2.24, 2.45) is 0 Å². The highest BCUT2D eigenvalue weighted by molar-refractivity contribution is 5.82. The van der Waals surface area contributed by atoms with Gasteiger partial charge in [0.15, 0.2) is 5.82 Å². The SMILES string of the molecule is Cc1nonc1N1CCN(C(=O)[C@@H]2CCCCN2Cc2ccccc2)CC1. The third-order valence-corrected chi connectivity index (χ3v) is 5.65. The molecule has 0 aliphatic carbocycles. The van der Waals surface area contributed by atoms with E-state index in [1.165, 1.54) is 12.0 Å². The molecule has 0 radical (unpaired) electrons. The van der Waals surface area contributed by atoms with E-state index < -0.39 is 0 Å². The Morgan fingerprint density at radius 2 is 1.85 bits per heavy atom. The molecule has 2 saturated heterocycles. The number of carbonyl (C=O) groups excluding carboxylic acids is 1. The van der Waals surface area contributed by atoms with Crippen LogP contribution in [-0.4, -0.2) is 64.8 Å². The summed E-state index contributed by atoms with van der Waals surface area (Å²) < 4.78 is 4.81. The van der Waals surface area contributed by atoms with Crippen LogP contribution < -0.4 is 4.90 Å². The van der Waals surface area contributed by atoms with Gasteiger partial charge < -0.3 is 9.80 Å². The summed E-state index contributed by atoms with van der Waals surface area (Å²) in [6.45, 7) is 6.73. The Bertz CT molecular complexity index is 755. The van der Waals surface area contributed by atoms with Crippen molar-refractivity contribution in [2.45, 2.75) is 38.8 Å². The van der Waals surface area contributed by atoms with Crippen LogP contribution in [0.15, 0.2) is 35.0 Å². The molecule has 144 valence electrons. The molecule has 0 bridgehead atoms. The van der Waals surface area contributed by atoms with Gasteiger partial charge in [0.05, 0.1) is 6.04 Å². The van der Waals surface area contributed by atoms with E-state index in [1.807, 2.05) is 17.9 Å². The number of anilines is 1. The molecule has 0 N–H and O–H groups in total. The summed E-state index contributed by atoms with van der Waals surface area (Å²) in [5.41, 5.74) is 2.08. The van der Waals surface area contributed by atoms with Crippen LogP contribution in [0.25, 0.3) is 0 Å². The van der Waals surface area contributed by atoms with Gasteiger partial charge in [0.25, 0.3) is 0 Å². The number of benzene rings is 1. The van der Waals surface area contributed by atoms with Gasteiger partial charge in [-0.15, -0.1) is 0 Å². The number of aryl methyl sites for hydroxylation is 1. The lowest BCUT2D eigenvalue weighted by Gasteiger charge is -2.41. The van der Waals surface area contributed by atoms with Crippen LogP contribution in [0.3, 0.4) is 0 Å². The first-order valence-electron chi connectivity index (χ1n) is 9.83. The number of amides is 1. The maximum Gasteiger partial charge on any atom is 0.240 e. The Morgan fingerprint density at radius 3 is 2.56 bits per heavy atom. The fraction of sp³-hybridized carbons (Fsp3) is 0.550. The number of aromatic nitrogens is 2. The van der Waals surface area contributed by atoms with Gasteiger partial charge in [-0.1, -0.05) is 41.9 Å². The first-order valence-corrected chi connectivity index (χ1v) is 9.83. The third-order valence-electron chi connectivity index (χ3n) is 5.65. The van der Waals surface area contributed by atoms with Crippen LogP contribution in [-0.2, 0) is 11.3 Å². The van der Waals surface area contributed by atoms with Crippen LogP contribution >= 0.6 is 0 Å². The largest absolute Gasteiger partial charge is 0.349 e. The molecule has 1 amide bonds. The van der Waals surface area contributed by atoms with Crippen molar-refractivity contribution in [3.63, 3.8) is 0 Å². The molecule has 1 aromatic heterocycles. The fourth-order valence-electron chi connectivity index (χ4n) is 4.14. The van der Waals surface area contributed by atoms with Crippen molar-refractivity contribution in [2.75, 3.05) is 37.6 Å². The van der Waals surface area contributed by atoms with E-state index in [0.29, 0.717) is 0 Å². The summed E-state index contributed by atoms with van der Waals surface area (Å²) in [6, 6.07) is 10.5. The number of carbonyl (C=O) groups is 1. The van der Waals surface area contributed by atoms with Gasteiger partial charge in [-0.05, 0) is 37.0 Å². The lowest BCUT2D eigenvalue weighted by Crippen LogP contribution is -2.56. The number of likely N-dealkylation sites (tertiary alicyclic amines) is 1. The molecule has 1 atom stereocenters. The first kappa shape index (κ1) is 18.0. The number of piperazine rings is 1. The summed E-state index contributed by atoms with van der Waals surface area (Å²) >= 11 is 0. The molecule has 0 saturated carbocycles. The highest BCUT2D eigenvalue weighted by Crippen LogP contribution is 2.23. The van der Waals surface area contributed by atoms with E-state index in [9.17, 15) is 4.79 Å². The van der Waals surface area contributed by atoms with Gasteiger partial charge in [0, 0.05) is 32.7 Å². The predicted molar refractivity (Wildman–Crippen MR) is 102 cm³/mol. The molecular formula is C20H27N5O2. The van der Waals surface area contributed by atoms with Crippen molar-refractivity contribution >= 4 is 11.7 Å². The van der Waals surface area contributed by atoms with Crippen LogP contribution in [0.2, 0.25) is 0 Å². The van der Waals surface area contributed by atoms with Gasteiger partial charge >= 0.3 is 0 Å². The van der Waals surface area contributed by atoms with Crippen LogP contribution in [0.1, 0.15) is 30.5 Å². The minimum atomic E-state index is 0.000888. The van der Waals surface area contributed by atoms with Gasteiger partial charge in [0.2, 0.25) is 5.91 Å². The van der Waals surface area contributed by atoms with Crippen molar-refractivity contribution in [1.82, 2.24) is 20.1 Å². The maximum atomic E-state index is 13.2. The zero-order valence-electron chi connectivity index (χ0n) is 15.9. The average molecular weight is 369 g/mol. The van der Waals surface area contributed by atoms with Crippen LogP contribution in [0.5, 0.6) is 0 Å². The van der Waals surface area contributed by atoms with Crippen molar-refractivity contribution in [3.8, 4) is 0 Å². The second-order valence-corrected chi connectivity index (χ2v) is 7.45. The van der Waals surface area contributed by atoms with Crippen LogP contribution in [0, 0.1) is 6.92 Å². The number of nitrogens with zero attached hydrogens (tertiary/aromatic N) is 5. The molecule has 0 spiro atoms. The Labute approximate surface area is 159 Å². The summed E-state index contributed by atoms with van der Waals surface area (Å²) in [6.07, 6.45) is 3.26. The van der Waals surface area contributed by atoms with Gasteiger partial charge in [-0.25, -0.2) is 4.63 Å². The third kappa shape index (κ3) is 3.98. The fourth-order valence-corrected chi connectivity index (χ4v) is 4.14. The summed E-state index contributed by atoms with van der Waals surface area (Å²) in [5.74, 6) is 1.07. The van der Waals surface area contributed by atoms with E-state index in [0.717, 1.165) is 63.6 Å². The van der Waals surface area contributed by atoms with E-state index in [-0.39, 0.29) is 11.9 Å². The summed E-state index contributed by atoms with van der Waals surface area (Å²) in [4.78, 5) is 19.8. The zero-order valence-corrected chi connectivity index (χ0v) is 15.9. The predicted octanol–water partition coefficient (Wildman–Crippen LogP) is 2.08. The normalized spacial score (nSPS) is 21.4. The molecule has 2 aliphatic heterocycles. The van der Waals surface area contributed by atoms with Crippen molar-refractivity contribution in [1.29, 1.82) is 0 Å². The van der Waals surface area contributed by atoms with Gasteiger partial charge in [-0.2, -0.15) is 0 Å². The standard InChI is InChI=1S/C20H27N5O2/c1-16-19(22-27-21-16)23-11-13-24(14-12-23)20(26)18-9-5-6-10-25(18)15-17-7-3-2-4-8-17/h2-4,7-8,18H,5-6,9-15H2,1H3/t18-/m0/s1. The number of rotatable bonds is 4. The lowest BCUT2D eigenvalue weighted by molar-refractivity contribution is -0.138. The molecule has 3 heterocycles. The number of hydrogen-bond donors (Lipinski definition) is 0. The molecule has 7 heteroatoms. The molecule has 2 aromatic rings. The highest BCUT2D eigenvalue weighted by Gasteiger charge is 2.33. The minimum absolute atomic E-state index is 0.000888. The second-order valence-electron chi connectivity index (χ2n) is 7.45. The Hall–Kier alpha value is -2.41. The molecular weight excluding hydrogens is 342 g/mol. The molecule has 2 fully saturated rings. The molecule has 0 unspecified atom stereocenters. The van der Waals surface area contributed by atoms with Crippen molar-refractivity contribution in [3.05, 3.63) is 41.6 Å². The zero-order chi connectivity index (χ0) is 18.6. The topological polar surface area (TPSA) is 65.7 Å². The minimum Gasteiger partial charge on any atom is -0.349 e. The molecule has 27 heavy (non-hydrogen) atoms. The average Bonchev–Trinajstić information content (AvgIpc) is 3.15. The van der Waals surface area contributed by atoms with Gasteiger partial charge in [-0.3, -0.25) is 9.69 Å². The Kier molecular flexibility index (Phi) is 5.38.